The molecule has 2 aliphatic heterocycles. The number of ether oxygens (including phenoxy) is 2. The van der Waals surface area contributed by atoms with Crippen LogP contribution in [0, 0.1) is 5.92 Å². The molecule has 1 fully saturated rings. The Morgan fingerprint density at radius 1 is 1.45 bits per heavy atom. The number of halogens is 1. The van der Waals surface area contributed by atoms with E-state index in [1.165, 1.54) is 0 Å². The maximum atomic E-state index is 6.20. The zero-order valence-corrected chi connectivity index (χ0v) is 12.5. The summed E-state index contributed by atoms with van der Waals surface area (Å²) in [5.74, 6) is 1.48. The molecule has 0 amide bonds. The van der Waals surface area contributed by atoms with Crippen molar-refractivity contribution in [2.24, 2.45) is 11.7 Å². The Labute approximate surface area is 124 Å². The topological polar surface area (TPSA) is 47.7 Å². The van der Waals surface area contributed by atoms with E-state index >= 15 is 0 Å². The Hall–Kier alpha value is -0.810. The quantitative estimate of drug-likeness (QED) is 0.910. The Morgan fingerprint density at radius 3 is 3.10 bits per heavy atom. The monoisotopic (exact) mass is 296 g/mol. The molecule has 2 unspecified atom stereocenters. The van der Waals surface area contributed by atoms with Crippen LogP contribution in [-0.2, 0) is 17.9 Å². The molecule has 0 aliphatic carbocycles. The summed E-state index contributed by atoms with van der Waals surface area (Å²) in [6.07, 6.45) is 1.05. The fourth-order valence-corrected chi connectivity index (χ4v) is 3.27. The zero-order valence-electron chi connectivity index (χ0n) is 11.8. The normalized spacial score (nSPS) is 26.9. The van der Waals surface area contributed by atoms with Gasteiger partial charge in [-0.05, 0) is 31.0 Å². The van der Waals surface area contributed by atoms with Crippen molar-refractivity contribution in [3.8, 4) is 5.75 Å². The molecule has 2 N–H and O–H groups in total. The van der Waals surface area contributed by atoms with Gasteiger partial charge in [-0.1, -0.05) is 18.5 Å². The van der Waals surface area contributed by atoms with Crippen LogP contribution in [0.5, 0.6) is 5.75 Å². The Balaban J connectivity index is 1.78. The van der Waals surface area contributed by atoms with Gasteiger partial charge in [-0.2, -0.15) is 0 Å². The molecule has 4 nitrogen and oxygen atoms in total. The molecule has 0 aromatic heterocycles. The lowest BCUT2D eigenvalue weighted by atomic mass is 9.94. The number of benzene rings is 1. The smallest absolute Gasteiger partial charge is 0.189 e. The van der Waals surface area contributed by atoms with Crippen LogP contribution in [0.2, 0.25) is 5.02 Å². The largest absolute Gasteiger partial charge is 0.467 e. The summed E-state index contributed by atoms with van der Waals surface area (Å²) >= 11 is 6.20. The van der Waals surface area contributed by atoms with Crippen molar-refractivity contribution in [1.82, 2.24) is 4.90 Å². The molecule has 20 heavy (non-hydrogen) atoms. The second-order valence-corrected chi connectivity index (χ2v) is 6.27. The molecule has 1 aromatic carbocycles. The molecular weight excluding hydrogens is 276 g/mol. The molecule has 1 saturated heterocycles. The molecule has 2 aliphatic rings. The fraction of sp³-hybridized carbons (Fsp3) is 0.600. The molecule has 0 saturated carbocycles. The second kappa shape index (κ2) is 5.90. The number of nitrogens with two attached hydrogens (primary N) is 1. The lowest BCUT2D eigenvalue weighted by Crippen LogP contribution is -2.45. The molecule has 2 heterocycles. The average molecular weight is 297 g/mol. The first-order chi connectivity index (χ1) is 9.63. The SMILES string of the molecule is CC1CN(Cc2cc(Cl)cc3c2OCOC3)CCC1N. The maximum absolute atomic E-state index is 6.20. The Bertz CT molecular complexity index is 495. The number of likely N-dealkylation sites (tertiary alicyclic amines) is 1. The third-order valence-electron chi connectivity index (χ3n) is 4.20. The van der Waals surface area contributed by atoms with E-state index in [-0.39, 0.29) is 0 Å². The number of hydrogen-bond donors (Lipinski definition) is 1. The first-order valence-corrected chi connectivity index (χ1v) is 7.51. The van der Waals surface area contributed by atoms with Gasteiger partial charge in [0.15, 0.2) is 6.79 Å². The molecule has 0 radical (unpaired) electrons. The minimum absolute atomic E-state index is 0.322. The molecule has 3 rings (SSSR count). The minimum atomic E-state index is 0.322. The van der Waals surface area contributed by atoms with Gasteiger partial charge < -0.3 is 15.2 Å². The van der Waals surface area contributed by atoms with Crippen LogP contribution in [0.1, 0.15) is 24.5 Å². The molecular formula is C15H21ClN2O2. The highest BCUT2D eigenvalue weighted by atomic mass is 35.5. The first-order valence-electron chi connectivity index (χ1n) is 7.13. The lowest BCUT2D eigenvalue weighted by molar-refractivity contribution is -0.0176. The van der Waals surface area contributed by atoms with Gasteiger partial charge in [-0.3, -0.25) is 4.90 Å². The van der Waals surface area contributed by atoms with Crippen molar-refractivity contribution in [1.29, 1.82) is 0 Å². The van der Waals surface area contributed by atoms with E-state index in [9.17, 15) is 0 Å². The highest BCUT2D eigenvalue weighted by Gasteiger charge is 2.25. The van der Waals surface area contributed by atoms with Crippen LogP contribution in [-0.4, -0.2) is 30.8 Å². The van der Waals surface area contributed by atoms with Crippen LogP contribution in [0.15, 0.2) is 12.1 Å². The average Bonchev–Trinajstić information content (AvgIpc) is 2.43. The van der Waals surface area contributed by atoms with Crippen molar-refractivity contribution in [3.05, 3.63) is 28.3 Å². The van der Waals surface area contributed by atoms with E-state index in [4.69, 9.17) is 26.8 Å². The number of fused-ring (bicyclic) bond motifs is 1. The van der Waals surface area contributed by atoms with E-state index in [2.05, 4.69) is 11.8 Å². The molecule has 5 heteroatoms. The van der Waals surface area contributed by atoms with Gasteiger partial charge in [0.05, 0.1) is 6.61 Å². The van der Waals surface area contributed by atoms with E-state index < -0.39 is 0 Å². The predicted octanol–water partition coefficient (Wildman–Crippen LogP) is 2.38. The summed E-state index contributed by atoms with van der Waals surface area (Å²) in [7, 11) is 0. The van der Waals surface area contributed by atoms with Crippen LogP contribution < -0.4 is 10.5 Å². The van der Waals surface area contributed by atoms with Crippen LogP contribution in [0.25, 0.3) is 0 Å². The van der Waals surface area contributed by atoms with Crippen LogP contribution in [0.4, 0.5) is 0 Å². The van der Waals surface area contributed by atoms with Gasteiger partial charge in [0.2, 0.25) is 0 Å². The third kappa shape index (κ3) is 2.93. The van der Waals surface area contributed by atoms with Crippen molar-refractivity contribution in [3.63, 3.8) is 0 Å². The summed E-state index contributed by atoms with van der Waals surface area (Å²) < 4.78 is 11.0. The Kier molecular flexibility index (Phi) is 4.17. The van der Waals surface area contributed by atoms with Gasteiger partial charge >= 0.3 is 0 Å². The van der Waals surface area contributed by atoms with Gasteiger partial charge in [0, 0.05) is 35.3 Å². The fourth-order valence-electron chi connectivity index (χ4n) is 3.01. The Morgan fingerprint density at radius 2 is 2.30 bits per heavy atom. The third-order valence-corrected chi connectivity index (χ3v) is 4.42. The van der Waals surface area contributed by atoms with E-state index in [1.54, 1.807) is 0 Å². The van der Waals surface area contributed by atoms with Gasteiger partial charge in [0.1, 0.15) is 5.75 Å². The number of hydrogen-bond acceptors (Lipinski definition) is 4. The van der Waals surface area contributed by atoms with E-state index in [0.717, 1.165) is 48.0 Å². The summed E-state index contributed by atoms with van der Waals surface area (Å²) in [5, 5.41) is 0.745. The summed E-state index contributed by atoms with van der Waals surface area (Å²) in [6, 6.07) is 4.25. The molecule has 0 bridgehead atoms. The summed E-state index contributed by atoms with van der Waals surface area (Å²) in [5.41, 5.74) is 8.27. The van der Waals surface area contributed by atoms with Crippen molar-refractivity contribution >= 4 is 11.6 Å². The number of nitrogens with zero attached hydrogens (tertiary/aromatic N) is 1. The molecule has 2 atom stereocenters. The molecule has 0 spiro atoms. The summed E-state index contributed by atoms with van der Waals surface area (Å²) in [4.78, 5) is 2.43. The lowest BCUT2D eigenvalue weighted by Gasteiger charge is -2.35. The maximum Gasteiger partial charge on any atom is 0.189 e. The molecule has 110 valence electrons. The first kappa shape index (κ1) is 14.1. The number of piperidine rings is 1. The van der Waals surface area contributed by atoms with Crippen molar-refractivity contribution in [2.75, 3.05) is 19.9 Å². The second-order valence-electron chi connectivity index (χ2n) is 5.83. The minimum Gasteiger partial charge on any atom is -0.467 e. The van der Waals surface area contributed by atoms with Crippen molar-refractivity contribution < 1.29 is 9.47 Å². The predicted molar refractivity (Wildman–Crippen MR) is 78.8 cm³/mol. The number of rotatable bonds is 2. The molecule has 1 aromatic rings. The van der Waals surface area contributed by atoms with Crippen molar-refractivity contribution in [2.45, 2.75) is 32.5 Å². The zero-order chi connectivity index (χ0) is 14.1. The van der Waals surface area contributed by atoms with Crippen LogP contribution >= 0.6 is 11.6 Å². The van der Waals surface area contributed by atoms with E-state index in [1.807, 2.05) is 12.1 Å². The summed E-state index contributed by atoms with van der Waals surface area (Å²) in [6.45, 7) is 6.03. The van der Waals surface area contributed by atoms with Gasteiger partial charge in [0.25, 0.3) is 0 Å². The highest BCUT2D eigenvalue weighted by Crippen LogP contribution is 2.33. The van der Waals surface area contributed by atoms with Gasteiger partial charge in [-0.25, -0.2) is 0 Å². The van der Waals surface area contributed by atoms with Crippen LogP contribution in [0.3, 0.4) is 0 Å². The van der Waals surface area contributed by atoms with Gasteiger partial charge in [-0.15, -0.1) is 0 Å². The van der Waals surface area contributed by atoms with E-state index in [0.29, 0.717) is 25.4 Å². The standard InChI is InChI=1S/C15H21ClN2O2/c1-10-6-18(3-2-14(10)17)7-11-4-13(16)5-12-8-19-9-20-15(11)12/h4-5,10,14H,2-3,6-9,17H2,1H3. The highest BCUT2D eigenvalue weighted by molar-refractivity contribution is 6.30.